The molecule has 0 fully saturated rings. The summed E-state index contributed by atoms with van der Waals surface area (Å²) < 4.78 is 13.8. The first-order chi connectivity index (χ1) is 10.4. The molecule has 0 atom stereocenters. The van der Waals surface area contributed by atoms with Crippen LogP contribution in [0.5, 0.6) is 0 Å². The summed E-state index contributed by atoms with van der Waals surface area (Å²) in [5, 5.41) is 2.66. The Morgan fingerprint density at radius 1 is 1.05 bits per heavy atom. The van der Waals surface area contributed by atoms with Crippen molar-refractivity contribution in [1.82, 2.24) is 4.90 Å². The molecule has 0 aliphatic carbocycles. The van der Waals surface area contributed by atoms with Gasteiger partial charge in [-0.2, -0.15) is 0 Å². The number of carbonyl (C=O) groups is 2. The monoisotopic (exact) mass is 364 g/mol. The molecule has 2 amide bonds. The number of nitrogens with zero attached hydrogens (tertiary/aromatic N) is 1. The van der Waals surface area contributed by atoms with Crippen LogP contribution in [0.1, 0.15) is 20.7 Å². The molecule has 0 aromatic heterocycles. The molecule has 0 aliphatic rings. The Morgan fingerprint density at radius 2 is 1.68 bits per heavy atom. The Hall–Kier alpha value is -2.21. The van der Waals surface area contributed by atoms with Crippen molar-refractivity contribution >= 4 is 33.4 Å². The van der Waals surface area contributed by atoms with E-state index in [-0.39, 0.29) is 11.5 Å². The summed E-state index contributed by atoms with van der Waals surface area (Å²) in [6.07, 6.45) is 0. The third-order valence-corrected chi connectivity index (χ3v) is 3.38. The average Bonchev–Trinajstić information content (AvgIpc) is 2.46. The molecule has 2 aromatic carbocycles. The van der Waals surface area contributed by atoms with Crippen molar-refractivity contribution in [3.63, 3.8) is 0 Å². The van der Waals surface area contributed by atoms with Gasteiger partial charge in [-0.1, -0.05) is 15.9 Å². The molecule has 2 rings (SSSR count). The topological polar surface area (TPSA) is 49.4 Å². The highest BCUT2D eigenvalue weighted by Crippen LogP contribution is 2.17. The smallest absolute Gasteiger partial charge is 0.255 e. The molecule has 22 heavy (non-hydrogen) atoms. The van der Waals surface area contributed by atoms with Gasteiger partial charge in [-0.3, -0.25) is 9.59 Å². The molecule has 2 aromatic rings. The lowest BCUT2D eigenvalue weighted by Gasteiger charge is -2.11. The summed E-state index contributed by atoms with van der Waals surface area (Å²) in [5.41, 5.74) is 1.26. The Morgan fingerprint density at radius 3 is 2.23 bits per heavy atom. The van der Waals surface area contributed by atoms with Crippen LogP contribution in [0.2, 0.25) is 0 Å². The van der Waals surface area contributed by atoms with Gasteiger partial charge in [-0.05, 0) is 42.5 Å². The average molecular weight is 365 g/mol. The molecule has 0 bridgehead atoms. The maximum atomic E-state index is 13.3. The number of amides is 2. The van der Waals surface area contributed by atoms with Gasteiger partial charge in [0.15, 0.2) is 0 Å². The van der Waals surface area contributed by atoms with E-state index in [4.69, 9.17) is 0 Å². The van der Waals surface area contributed by atoms with Crippen LogP contribution in [0, 0.1) is 5.82 Å². The number of rotatable bonds is 3. The van der Waals surface area contributed by atoms with Crippen molar-refractivity contribution in [1.29, 1.82) is 0 Å². The third kappa shape index (κ3) is 3.92. The first-order valence-corrected chi connectivity index (χ1v) is 7.25. The van der Waals surface area contributed by atoms with Gasteiger partial charge >= 0.3 is 0 Å². The molecule has 0 radical (unpaired) electrons. The fourth-order valence-corrected chi connectivity index (χ4v) is 2.31. The lowest BCUT2D eigenvalue weighted by molar-refractivity contribution is 0.0827. The van der Waals surface area contributed by atoms with Gasteiger partial charge in [0.2, 0.25) is 0 Å². The molecule has 1 N–H and O–H groups in total. The predicted molar refractivity (Wildman–Crippen MR) is 86.5 cm³/mol. The van der Waals surface area contributed by atoms with E-state index in [2.05, 4.69) is 21.2 Å². The zero-order valence-corrected chi connectivity index (χ0v) is 13.6. The van der Waals surface area contributed by atoms with Gasteiger partial charge in [-0.15, -0.1) is 0 Å². The molecule has 0 spiro atoms. The number of anilines is 1. The Balaban J connectivity index is 2.13. The van der Waals surface area contributed by atoms with E-state index in [9.17, 15) is 14.0 Å². The van der Waals surface area contributed by atoms with Crippen molar-refractivity contribution < 1.29 is 14.0 Å². The van der Waals surface area contributed by atoms with E-state index in [0.29, 0.717) is 15.7 Å². The standard InChI is InChI=1S/C16H14BrFN2O2/c1-20(2)16(22)10-3-5-14(6-4-10)19-15(21)11-7-12(17)9-13(18)8-11/h3-9H,1-2H3,(H,19,21). The minimum Gasteiger partial charge on any atom is -0.345 e. The van der Waals surface area contributed by atoms with E-state index in [0.717, 1.165) is 6.07 Å². The highest BCUT2D eigenvalue weighted by atomic mass is 79.9. The van der Waals surface area contributed by atoms with Crippen LogP contribution in [-0.4, -0.2) is 30.8 Å². The van der Waals surface area contributed by atoms with E-state index < -0.39 is 11.7 Å². The van der Waals surface area contributed by atoms with Crippen molar-refractivity contribution in [2.24, 2.45) is 0 Å². The normalized spacial score (nSPS) is 10.2. The van der Waals surface area contributed by atoms with Gasteiger partial charge in [-0.25, -0.2) is 4.39 Å². The summed E-state index contributed by atoms with van der Waals surface area (Å²) in [7, 11) is 3.33. The Labute approximate surface area is 136 Å². The number of carbonyl (C=O) groups excluding carboxylic acids is 2. The summed E-state index contributed by atoms with van der Waals surface area (Å²) in [6, 6.07) is 10.5. The Bertz CT molecular complexity index is 694. The van der Waals surface area contributed by atoms with Crippen LogP contribution >= 0.6 is 15.9 Å². The molecule has 0 aliphatic heterocycles. The molecule has 0 unspecified atom stereocenters. The molecule has 0 saturated carbocycles. The number of nitrogens with one attached hydrogen (secondary N) is 1. The summed E-state index contributed by atoms with van der Waals surface area (Å²) in [5.74, 6) is -1.04. The van der Waals surface area contributed by atoms with Gasteiger partial charge in [0.25, 0.3) is 11.8 Å². The lowest BCUT2D eigenvalue weighted by Crippen LogP contribution is -2.21. The number of halogens is 2. The largest absolute Gasteiger partial charge is 0.345 e. The fourth-order valence-electron chi connectivity index (χ4n) is 1.84. The third-order valence-electron chi connectivity index (χ3n) is 2.92. The van der Waals surface area contributed by atoms with Gasteiger partial charge < -0.3 is 10.2 Å². The lowest BCUT2D eigenvalue weighted by atomic mass is 10.1. The molecule has 0 heterocycles. The van der Waals surface area contributed by atoms with E-state index in [1.165, 1.54) is 17.0 Å². The SMILES string of the molecule is CN(C)C(=O)c1ccc(NC(=O)c2cc(F)cc(Br)c2)cc1. The highest BCUT2D eigenvalue weighted by Gasteiger charge is 2.10. The second-order valence-corrected chi connectivity index (χ2v) is 5.80. The zero-order chi connectivity index (χ0) is 16.3. The quantitative estimate of drug-likeness (QED) is 0.905. The van der Waals surface area contributed by atoms with Gasteiger partial charge in [0, 0.05) is 35.4 Å². The first-order valence-electron chi connectivity index (χ1n) is 6.46. The first kappa shape index (κ1) is 16.2. The predicted octanol–water partition coefficient (Wildman–Crippen LogP) is 3.54. The van der Waals surface area contributed by atoms with Crippen molar-refractivity contribution in [2.45, 2.75) is 0 Å². The van der Waals surface area contributed by atoms with Gasteiger partial charge in [0.1, 0.15) is 5.82 Å². The number of benzene rings is 2. The van der Waals surface area contributed by atoms with Gasteiger partial charge in [0.05, 0.1) is 0 Å². The van der Waals surface area contributed by atoms with E-state index in [1.807, 2.05) is 0 Å². The van der Waals surface area contributed by atoms with Crippen LogP contribution < -0.4 is 5.32 Å². The van der Waals surface area contributed by atoms with Crippen LogP contribution in [-0.2, 0) is 0 Å². The molecule has 114 valence electrons. The van der Waals surface area contributed by atoms with Crippen LogP contribution in [0.3, 0.4) is 0 Å². The number of hydrogen-bond donors (Lipinski definition) is 1. The fraction of sp³-hybridized carbons (Fsp3) is 0.125. The minimum absolute atomic E-state index is 0.119. The number of hydrogen-bond acceptors (Lipinski definition) is 2. The Kier molecular flexibility index (Phi) is 4.92. The second kappa shape index (κ2) is 6.70. The maximum Gasteiger partial charge on any atom is 0.255 e. The molecule has 4 nitrogen and oxygen atoms in total. The van der Waals surface area contributed by atoms with E-state index >= 15 is 0 Å². The molecular weight excluding hydrogens is 351 g/mol. The molecular formula is C16H14BrFN2O2. The van der Waals surface area contributed by atoms with Crippen molar-refractivity contribution in [2.75, 3.05) is 19.4 Å². The highest BCUT2D eigenvalue weighted by molar-refractivity contribution is 9.10. The van der Waals surface area contributed by atoms with Crippen LogP contribution in [0.25, 0.3) is 0 Å². The van der Waals surface area contributed by atoms with E-state index in [1.54, 1.807) is 38.4 Å². The molecule has 6 heteroatoms. The van der Waals surface area contributed by atoms with Crippen molar-refractivity contribution in [3.8, 4) is 0 Å². The maximum absolute atomic E-state index is 13.3. The summed E-state index contributed by atoms with van der Waals surface area (Å²) >= 11 is 3.14. The zero-order valence-electron chi connectivity index (χ0n) is 12.1. The minimum atomic E-state index is -0.494. The molecule has 0 saturated heterocycles. The van der Waals surface area contributed by atoms with Crippen LogP contribution in [0.4, 0.5) is 10.1 Å². The summed E-state index contributed by atoms with van der Waals surface area (Å²) in [4.78, 5) is 25.3. The second-order valence-electron chi connectivity index (χ2n) is 4.89. The van der Waals surface area contributed by atoms with Crippen molar-refractivity contribution in [3.05, 3.63) is 63.9 Å². The summed E-state index contributed by atoms with van der Waals surface area (Å²) in [6.45, 7) is 0. The van der Waals surface area contributed by atoms with Crippen LogP contribution in [0.15, 0.2) is 46.9 Å².